The smallest absolute Gasteiger partial charge is 0.285 e. The van der Waals surface area contributed by atoms with Gasteiger partial charge in [-0.25, -0.2) is 8.78 Å². The lowest BCUT2D eigenvalue weighted by atomic mass is 10.1. The molecule has 3 heteroatoms. The summed E-state index contributed by atoms with van der Waals surface area (Å²) in [5.41, 5.74) is 0.0133. The lowest BCUT2D eigenvalue weighted by Gasteiger charge is -2.16. The molecular formula is C8H15F2N. The van der Waals surface area contributed by atoms with Crippen LogP contribution in [0.3, 0.4) is 0 Å². The van der Waals surface area contributed by atoms with E-state index in [9.17, 15) is 8.78 Å². The molecule has 0 aliphatic carbocycles. The van der Waals surface area contributed by atoms with Crippen LogP contribution in [0.4, 0.5) is 8.78 Å². The summed E-state index contributed by atoms with van der Waals surface area (Å²) in [5.74, 6) is -2.68. The third kappa shape index (κ3) is 2.95. The molecule has 0 aromatic carbocycles. The van der Waals surface area contributed by atoms with Gasteiger partial charge in [0.2, 0.25) is 0 Å². The van der Waals surface area contributed by atoms with Crippen LogP contribution >= 0.6 is 0 Å². The van der Waals surface area contributed by atoms with Crippen LogP contribution in [-0.4, -0.2) is 18.7 Å². The first-order valence-electron chi connectivity index (χ1n) is 3.92. The van der Waals surface area contributed by atoms with Gasteiger partial charge in [-0.05, 0) is 6.42 Å². The van der Waals surface area contributed by atoms with Crippen LogP contribution in [0.15, 0.2) is 4.99 Å². The largest absolute Gasteiger partial charge is 0.291 e. The van der Waals surface area contributed by atoms with E-state index < -0.39 is 5.92 Å². The maximum atomic E-state index is 13.0. The molecule has 0 spiro atoms. The van der Waals surface area contributed by atoms with E-state index in [1.165, 1.54) is 7.05 Å². The van der Waals surface area contributed by atoms with E-state index in [1.807, 2.05) is 0 Å². The summed E-state index contributed by atoms with van der Waals surface area (Å²) >= 11 is 0. The molecule has 0 atom stereocenters. The Balaban J connectivity index is 4.25. The van der Waals surface area contributed by atoms with Crippen molar-refractivity contribution >= 4 is 5.71 Å². The Bertz CT molecular complexity index is 141. The van der Waals surface area contributed by atoms with Crippen molar-refractivity contribution in [3.63, 3.8) is 0 Å². The normalized spacial score (nSPS) is 13.7. The van der Waals surface area contributed by atoms with E-state index in [-0.39, 0.29) is 12.1 Å². The molecule has 0 aromatic heterocycles. The highest BCUT2D eigenvalue weighted by atomic mass is 19.3. The molecule has 0 fully saturated rings. The first kappa shape index (κ1) is 10.5. The number of hydrogen-bond donors (Lipinski definition) is 0. The summed E-state index contributed by atoms with van der Waals surface area (Å²) in [4.78, 5) is 3.56. The molecule has 0 rings (SSSR count). The molecule has 1 nitrogen and oxygen atoms in total. The Morgan fingerprint density at radius 1 is 1.36 bits per heavy atom. The molecular weight excluding hydrogens is 148 g/mol. The second-order valence-electron chi connectivity index (χ2n) is 2.48. The van der Waals surface area contributed by atoms with E-state index in [1.54, 1.807) is 13.8 Å². The third-order valence-corrected chi connectivity index (χ3v) is 1.59. The average Bonchev–Trinajstić information content (AvgIpc) is 1.89. The Morgan fingerprint density at radius 3 is 2.18 bits per heavy atom. The van der Waals surface area contributed by atoms with Crippen LogP contribution in [-0.2, 0) is 0 Å². The highest BCUT2D eigenvalue weighted by Crippen LogP contribution is 2.23. The molecule has 0 heterocycles. The highest BCUT2D eigenvalue weighted by Gasteiger charge is 2.32. The fourth-order valence-corrected chi connectivity index (χ4v) is 1.04. The molecule has 0 saturated heterocycles. The van der Waals surface area contributed by atoms with Gasteiger partial charge >= 0.3 is 0 Å². The van der Waals surface area contributed by atoms with Crippen LogP contribution in [0.25, 0.3) is 0 Å². The standard InChI is InChI=1S/C8H15F2N/c1-4-6-8(9,10)7(5-2)11-3/h4-6H2,1-3H3. The molecule has 0 aliphatic heterocycles. The summed E-state index contributed by atoms with van der Waals surface area (Å²) in [6.07, 6.45) is 0.739. The molecule has 66 valence electrons. The van der Waals surface area contributed by atoms with E-state index in [0.29, 0.717) is 12.8 Å². The maximum absolute atomic E-state index is 13.0. The monoisotopic (exact) mass is 163 g/mol. The highest BCUT2D eigenvalue weighted by molar-refractivity contribution is 5.90. The molecule has 0 saturated carbocycles. The van der Waals surface area contributed by atoms with Gasteiger partial charge in [0, 0.05) is 13.5 Å². The molecule has 11 heavy (non-hydrogen) atoms. The van der Waals surface area contributed by atoms with Gasteiger partial charge in [0.15, 0.2) is 0 Å². The summed E-state index contributed by atoms with van der Waals surface area (Å²) in [6.45, 7) is 3.45. The van der Waals surface area contributed by atoms with Gasteiger partial charge in [-0.1, -0.05) is 20.3 Å². The van der Waals surface area contributed by atoms with Gasteiger partial charge in [0.25, 0.3) is 5.92 Å². The maximum Gasteiger partial charge on any atom is 0.285 e. The number of aliphatic imine (C=N–C) groups is 1. The topological polar surface area (TPSA) is 12.4 Å². The summed E-state index contributed by atoms with van der Waals surface area (Å²) in [6, 6.07) is 0. The van der Waals surface area contributed by atoms with Crippen molar-refractivity contribution in [3.8, 4) is 0 Å². The quantitative estimate of drug-likeness (QED) is 0.565. The fourth-order valence-electron chi connectivity index (χ4n) is 1.04. The summed E-state index contributed by atoms with van der Waals surface area (Å²) in [7, 11) is 1.42. The Labute approximate surface area is 66.5 Å². The molecule has 0 bridgehead atoms. The van der Waals surface area contributed by atoms with Crippen LogP contribution in [0, 0.1) is 0 Å². The zero-order chi connectivity index (χ0) is 8.91. The number of nitrogens with zero attached hydrogens (tertiary/aromatic N) is 1. The van der Waals surface area contributed by atoms with E-state index in [2.05, 4.69) is 4.99 Å². The number of halogens is 2. The second kappa shape index (κ2) is 4.42. The average molecular weight is 163 g/mol. The predicted octanol–water partition coefficient (Wildman–Crippen LogP) is 2.90. The lowest BCUT2D eigenvalue weighted by Crippen LogP contribution is -2.27. The van der Waals surface area contributed by atoms with Crippen LogP contribution in [0.2, 0.25) is 0 Å². The molecule has 0 amide bonds. The Hall–Kier alpha value is -0.470. The molecule has 0 aliphatic rings. The van der Waals surface area contributed by atoms with Crippen LogP contribution < -0.4 is 0 Å². The number of alkyl halides is 2. The van der Waals surface area contributed by atoms with Crippen molar-refractivity contribution in [2.45, 2.75) is 39.0 Å². The van der Waals surface area contributed by atoms with Gasteiger partial charge in [0.05, 0.1) is 5.71 Å². The number of rotatable bonds is 4. The molecule has 0 unspecified atom stereocenters. The van der Waals surface area contributed by atoms with Crippen molar-refractivity contribution in [3.05, 3.63) is 0 Å². The van der Waals surface area contributed by atoms with E-state index in [0.717, 1.165) is 0 Å². The van der Waals surface area contributed by atoms with Crippen molar-refractivity contribution in [1.29, 1.82) is 0 Å². The van der Waals surface area contributed by atoms with Crippen molar-refractivity contribution in [2.24, 2.45) is 4.99 Å². The minimum atomic E-state index is -2.68. The molecule has 0 aromatic rings. The van der Waals surface area contributed by atoms with Crippen molar-refractivity contribution < 1.29 is 8.78 Å². The fraction of sp³-hybridized carbons (Fsp3) is 0.875. The van der Waals surface area contributed by atoms with Gasteiger partial charge in [0.1, 0.15) is 0 Å². The van der Waals surface area contributed by atoms with Gasteiger partial charge < -0.3 is 0 Å². The first-order chi connectivity index (χ1) is 5.08. The van der Waals surface area contributed by atoms with E-state index in [4.69, 9.17) is 0 Å². The minimum absolute atomic E-state index is 0.0133. The Morgan fingerprint density at radius 2 is 1.91 bits per heavy atom. The predicted molar refractivity (Wildman–Crippen MR) is 43.5 cm³/mol. The zero-order valence-electron chi connectivity index (χ0n) is 7.32. The van der Waals surface area contributed by atoms with Gasteiger partial charge in [-0.15, -0.1) is 0 Å². The molecule has 0 radical (unpaired) electrons. The Kier molecular flexibility index (Phi) is 4.23. The van der Waals surface area contributed by atoms with Gasteiger partial charge in [-0.3, -0.25) is 4.99 Å². The number of hydrogen-bond acceptors (Lipinski definition) is 1. The summed E-state index contributed by atoms with van der Waals surface area (Å²) < 4.78 is 25.9. The van der Waals surface area contributed by atoms with Crippen molar-refractivity contribution in [1.82, 2.24) is 0 Å². The first-order valence-corrected chi connectivity index (χ1v) is 3.92. The van der Waals surface area contributed by atoms with Crippen molar-refractivity contribution in [2.75, 3.05) is 7.05 Å². The zero-order valence-corrected chi connectivity index (χ0v) is 7.32. The summed E-state index contributed by atoms with van der Waals surface area (Å²) in [5, 5.41) is 0. The van der Waals surface area contributed by atoms with Crippen LogP contribution in [0.1, 0.15) is 33.1 Å². The second-order valence-corrected chi connectivity index (χ2v) is 2.48. The van der Waals surface area contributed by atoms with Crippen LogP contribution in [0.5, 0.6) is 0 Å². The SMILES string of the molecule is CCCC(F)(F)C(CC)=NC. The van der Waals surface area contributed by atoms with E-state index >= 15 is 0 Å². The lowest BCUT2D eigenvalue weighted by molar-refractivity contribution is 0.0652. The third-order valence-electron chi connectivity index (χ3n) is 1.59. The molecule has 0 N–H and O–H groups in total. The van der Waals surface area contributed by atoms with Gasteiger partial charge in [-0.2, -0.15) is 0 Å². The minimum Gasteiger partial charge on any atom is -0.291 e.